The number of hydrogen-bond acceptors (Lipinski definition) is 4. The summed E-state index contributed by atoms with van der Waals surface area (Å²) in [6.45, 7) is 6.76. The van der Waals surface area contributed by atoms with Crippen LogP contribution in [0.2, 0.25) is 0 Å². The second-order valence-corrected chi connectivity index (χ2v) is 8.73. The van der Waals surface area contributed by atoms with Gasteiger partial charge in [-0.05, 0) is 58.7 Å². The highest BCUT2D eigenvalue weighted by molar-refractivity contribution is 9.10. The Morgan fingerprint density at radius 2 is 2.00 bits per heavy atom. The van der Waals surface area contributed by atoms with Crippen molar-refractivity contribution in [3.63, 3.8) is 0 Å². The minimum atomic E-state index is -0.331. The van der Waals surface area contributed by atoms with Crippen molar-refractivity contribution >= 4 is 27.8 Å². The second kappa shape index (κ2) is 6.72. The van der Waals surface area contributed by atoms with Crippen molar-refractivity contribution in [1.82, 2.24) is 10.9 Å². The van der Waals surface area contributed by atoms with E-state index in [0.717, 1.165) is 12.8 Å². The third-order valence-electron chi connectivity index (χ3n) is 6.54. The molecule has 2 aliphatic rings. The van der Waals surface area contributed by atoms with Crippen molar-refractivity contribution in [3.8, 4) is 0 Å². The summed E-state index contributed by atoms with van der Waals surface area (Å²) >= 11 is 3.33. The fraction of sp³-hybridized carbons (Fsp3) is 0.579. The minimum Gasteiger partial charge on any atom is -0.461 e. The van der Waals surface area contributed by atoms with Crippen LogP contribution in [0.1, 0.15) is 50.4 Å². The largest absolute Gasteiger partial charge is 0.461 e. The van der Waals surface area contributed by atoms with E-state index >= 15 is 0 Å². The average Bonchev–Trinajstić information content (AvgIpc) is 2.88. The van der Waals surface area contributed by atoms with Gasteiger partial charge in [0.25, 0.3) is 5.91 Å². The average molecular weight is 409 g/mol. The molecule has 5 nitrogen and oxygen atoms in total. The molecule has 1 aromatic carbocycles. The highest BCUT2D eigenvalue weighted by atomic mass is 79.9. The van der Waals surface area contributed by atoms with Crippen LogP contribution < -0.4 is 10.9 Å². The SMILES string of the molecule is CC1(C)[C@H]2CC[C@]1(C)[C@H](OC(=O)CNNC(=O)c1ccccc1Br)C2. The van der Waals surface area contributed by atoms with E-state index in [1.54, 1.807) is 18.2 Å². The van der Waals surface area contributed by atoms with Crippen LogP contribution in [-0.4, -0.2) is 24.5 Å². The van der Waals surface area contributed by atoms with Crippen LogP contribution in [0.5, 0.6) is 0 Å². The zero-order valence-corrected chi connectivity index (χ0v) is 16.5. The minimum absolute atomic E-state index is 0.0329. The van der Waals surface area contributed by atoms with Gasteiger partial charge in [0.2, 0.25) is 0 Å². The number of ether oxygens (including phenoxy) is 1. The highest BCUT2D eigenvalue weighted by Gasteiger charge is 2.62. The molecule has 0 unspecified atom stereocenters. The van der Waals surface area contributed by atoms with Gasteiger partial charge in [-0.15, -0.1) is 0 Å². The maximum Gasteiger partial charge on any atom is 0.322 e. The smallest absolute Gasteiger partial charge is 0.322 e. The molecule has 2 aliphatic carbocycles. The number of carbonyl (C=O) groups excluding carboxylic acids is 2. The van der Waals surface area contributed by atoms with Crippen molar-refractivity contribution in [2.45, 2.75) is 46.1 Å². The quantitative estimate of drug-likeness (QED) is 0.578. The number of benzene rings is 1. The highest BCUT2D eigenvalue weighted by Crippen LogP contribution is 2.66. The summed E-state index contributed by atoms with van der Waals surface area (Å²) in [6.07, 6.45) is 3.24. The summed E-state index contributed by atoms with van der Waals surface area (Å²) in [6, 6.07) is 7.12. The van der Waals surface area contributed by atoms with Gasteiger partial charge in [-0.25, -0.2) is 5.43 Å². The van der Waals surface area contributed by atoms with Crippen LogP contribution in [0.25, 0.3) is 0 Å². The van der Waals surface area contributed by atoms with Gasteiger partial charge in [0.05, 0.1) is 5.56 Å². The molecule has 0 aromatic heterocycles. The van der Waals surface area contributed by atoms with Crippen LogP contribution in [0.15, 0.2) is 28.7 Å². The van der Waals surface area contributed by atoms with Crippen molar-refractivity contribution in [2.24, 2.45) is 16.7 Å². The third-order valence-corrected chi connectivity index (χ3v) is 7.23. The van der Waals surface area contributed by atoms with E-state index in [0.29, 0.717) is 16.0 Å². The predicted octanol–water partition coefficient (Wildman–Crippen LogP) is 3.44. The number of hydrogen-bond donors (Lipinski definition) is 2. The first kappa shape index (κ1) is 18.4. The standard InChI is InChI=1S/C19H25BrN2O3/c1-18(2)12-8-9-19(18,3)15(10-12)25-16(23)11-21-22-17(24)13-6-4-5-7-14(13)20/h4-7,12,15,21H,8-11H2,1-3H3,(H,22,24)/t12-,15+,19+/m0/s1. The Labute approximate surface area is 157 Å². The van der Waals surface area contributed by atoms with Gasteiger partial charge in [0.15, 0.2) is 0 Å². The predicted molar refractivity (Wildman–Crippen MR) is 98.7 cm³/mol. The molecule has 0 heterocycles. The first-order valence-electron chi connectivity index (χ1n) is 8.73. The Morgan fingerprint density at radius 3 is 2.60 bits per heavy atom. The van der Waals surface area contributed by atoms with E-state index < -0.39 is 0 Å². The summed E-state index contributed by atoms with van der Waals surface area (Å²) in [5.41, 5.74) is 5.96. The first-order valence-corrected chi connectivity index (χ1v) is 9.52. The van der Waals surface area contributed by atoms with E-state index in [2.05, 4.69) is 47.6 Å². The molecule has 25 heavy (non-hydrogen) atoms. The Bertz CT molecular complexity index is 691. The van der Waals surface area contributed by atoms with Gasteiger partial charge < -0.3 is 4.74 Å². The number of nitrogens with one attached hydrogen (secondary N) is 2. The Balaban J connectivity index is 1.48. The van der Waals surface area contributed by atoms with Crippen molar-refractivity contribution in [3.05, 3.63) is 34.3 Å². The Kier molecular flexibility index (Phi) is 4.95. The molecule has 6 heteroatoms. The molecule has 136 valence electrons. The summed E-state index contributed by atoms with van der Waals surface area (Å²) in [5, 5.41) is 0. The maximum absolute atomic E-state index is 12.2. The number of halogens is 1. The second-order valence-electron chi connectivity index (χ2n) is 7.88. The lowest BCUT2D eigenvalue weighted by atomic mass is 9.70. The van der Waals surface area contributed by atoms with Crippen LogP contribution >= 0.6 is 15.9 Å². The van der Waals surface area contributed by atoms with Crippen molar-refractivity contribution < 1.29 is 14.3 Å². The van der Waals surface area contributed by atoms with Gasteiger partial charge in [0, 0.05) is 9.89 Å². The molecule has 0 saturated heterocycles. The summed E-state index contributed by atoms with van der Waals surface area (Å²) in [5.74, 6) is -0.00584. The fourth-order valence-corrected chi connectivity index (χ4v) is 4.88. The molecule has 0 aliphatic heterocycles. The molecule has 2 N–H and O–H groups in total. The van der Waals surface area contributed by atoms with Crippen molar-refractivity contribution in [1.29, 1.82) is 0 Å². The number of amides is 1. The zero-order valence-electron chi connectivity index (χ0n) is 14.9. The number of carbonyl (C=O) groups is 2. The van der Waals surface area contributed by atoms with Crippen LogP contribution in [0, 0.1) is 16.7 Å². The number of fused-ring (bicyclic) bond motifs is 2. The van der Waals surface area contributed by atoms with E-state index in [1.807, 2.05) is 6.07 Å². The first-order chi connectivity index (χ1) is 11.8. The van der Waals surface area contributed by atoms with Gasteiger partial charge in [-0.2, -0.15) is 0 Å². The van der Waals surface area contributed by atoms with E-state index in [4.69, 9.17) is 4.74 Å². The topological polar surface area (TPSA) is 67.4 Å². The molecular weight excluding hydrogens is 384 g/mol. The molecule has 2 bridgehead atoms. The Morgan fingerprint density at radius 1 is 1.28 bits per heavy atom. The molecule has 3 atom stereocenters. The molecule has 1 amide bonds. The number of hydrazine groups is 1. The fourth-order valence-electron chi connectivity index (χ4n) is 4.42. The maximum atomic E-state index is 12.2. The molecule has 1 aromatic rings. The molecular formula is C19H25BrN2O3. The molecule has 2 fully saturated rings. The Hall–Kier alpha value is -1.40. The van der Waals surface area contributed by atoms with Crippen LogP contribution in [0.4, 0.5) is 0 Å². The van der Waals surface area contributed by atoms with Crippen LogP contribution in [0.3, 0.4) is 0 Å². The van der Waals surface area contributed by atoms with E-state index in [1.165, 1.54) is 6.42 Å². The van der Waals surface area contributed by atoms with E-state index in [9.17, 15) is 9.59 Å². The molecule has 0 radical (unpaired) electrons. The zero-order chi connectivity index (χ0) is 18.2. The molecule has 0 spiro atoms. The van der Waals surface area contributed by atoms with Gasteiger partial charge in [0.1, 0.15) is 12.6 Å². The number of esters is 1. The normalized spacial score (nSPS) is 29.4. The van der Waals surface area contributed by atoms with Gasteiger partial charge >= 0.3 is 5.97 Å². The molecule has 2 saturated carbocycles. The monoisotopic (exact) mass is 408 g/mol. The lowest BCUT2D eigenvalue weighted by Gasteiger charge is -2.38. The van der Waals surface area contributed by atoms with Crippen molar-refractivity contribution in [2.75, 3.05) is 6.54 Å². The molecule has 3 rings (SSSR count). The lowest BCUT2D eigenvalue weighted by molar-refractivity contribution is -0.155. The summed E-state index contributed by atoms with van der Waals surface area (Å²) in [4.78, 5) is 24.2. The lowest BCUT2D eigenvalue weighted by Crippen LogP contribution is -2.44. The number of rotatable bonds is 5. The third kappa shape index (κ3) is 3.22. The summed E-state index contributed by atoms with van der Waals surface area (Å²) < 4.78 is 6.44. The van der Waals surface area contributed by atoms with Gasteiger partial charge in [-0.1, -0.05) is 32.9 Å². The summed E-state index contributed by atoms with van der Waals surface area (Å²) in [7, 11) is 0. The van der Waals surface area contributed by atoms with E-state index in [-0.39, 0.29) is 35.4 Å². The van der Waals surface area contributed by atoms with Gasteiger partial charge in [-0.3, -0.25) is 15.0 Å². The van der Waals surface area contributed by atoms with Crippen LogP contribution in [-0.2, 0) is 9.53 Å².